The molecule has 1 aromatic heterocycles. The van der Waals surface area contributed by atoms with E-state index in [1.54, 1.807) is 0 Å². The maximum atomic E-state index is 12.3. The molecule has 1 aromatic carbocycles. The lowest BCUT2D eigenvalue weighted by molar-refractivity contribution is -0.119. The second-order valence-corrected chi connectivity index (χ2v) is 6.88. The minimum Gasteiger partial charge on any atom is -0.333 e. The highest BCUT2D eigenvalue weighted by Gasteiger charge is 2.30. The Morgan fingerprint density at radius 1 is 1.18 bits per heavy atom. The maximum absolute atomic E-state index is 12.3. The number of benzene rings is 1. The monoisotopic (exact) mass is 297 g/mol. The Labute approximate surface area is 131 Å². The second kappa shape index (κ2) is 4.85. The number of anilines is 1. The molecule has 4 nitrogen and oxygen atoms in total. The van der Waals surface area contributed by atoms with Crippen molar-refractivity contribution in [3.8, 4) is 0 Å². The molecule has 1 amide bonds. The normalized spacial score (nSPS) is 17.5. The summed E-state index contributed by atoms with van der Waals surface area (Å²) < 4.78 is 2.31. The van der Waals surface area contributed by atoms with E-state index in [-0.39, 0.29) is 5.91 Å². The Bertz CT molecular complexity index is 772. The summed E-state index contributed by atoms with van der Waals surface area (Å²) in [5.41, 5.74) is 6.66. The van der Waals surface area contributed by atoms with Crippen molar-refractivity contribution in [1.82, 2.24) is 9.47 Å². The van der Waals surface area contributed by atoms with Gasteiger partial charge in [-0.3, -0.25) is 4.79 Å². The van der Waals surface area contributed by atoms with Gasteiger partial charge in [0.1, 0.15) is 6.54 Å². The highest BCUT2D eigenvalue weighted by molar-refractivity contribution is 6.08. The number of carbonyl (C=O) groups is 1. The predicted molar refractivity (Wildman–Crippen MR) is 89.4 cm³/mol. The molecule has 4 heteroatoms. The number of aryl methyl sites for hydroxylation is 1. The summed E-state index contributed by atoms with van der Waals surface area (Å²) in [7, 11) is 6.13. The lowest BCUT2D eigenvalue weighted by Gasteiger charge is -2.27. The van der Waals surface area contributed by atoms with Crippen molar-refractivity contribution in [3.63, 3.8) is 0 Å². The van der Waals surface area contributed by atoms with E-state index in [1.807, 2.05) is 11.9 Å². The van der Waals surface area contributed by atoms with Gasteiger partial charge in [0.15, 0.2) is 0 Å². The van der Waals surface area contributed by atoms with Gasteiger partial charge in [0.05, 0.1) is 11.2 Å². The first-order valence-electron chi connectivity index (χ1n) is 8.15. The highest BCUT2D eigenvalue weighted by Crippen LogP contribution is 2.41. The number of likely N-dealkylation sites (N-methyl/N-ethyl adjacent to an activating group) is 1. The zero-order chi connectivity index (χ0) is 15.4. The topological polar surface area (TPSA) is 28.5 Å². The van der Waals surface area contributed by atoms with Crippen LogP contribution in [0.2, 0.25) is 0 Å². The van der Waals surface area contributed by atoms with E-state index in [4.69, 9.17) is 0 Å². The Morgan fingerprint density at radius 3 is 2.73 bits per heavy atom. The van der Waals surface area contributed by atoms with Gasteiger partial charge in [0.25, 0.3) is 0 Å². The SMILES string of the molecule is CN(C)Cc1ccc2c3c1c1c(n3CC(=O)N2C)CCCC1. The van der Waals surface area contributed by atoms with E-state index in [0.29, 0.717) is 6.54 Å². The highest BCUT2D eigenvalue weighted by atomic mass is 16.2. The minimum absolute atomic E-state index is 0.193. The van der Waals surface area contributed by atoms with Gasteiger partial charge in [-0.15, -0.1) is 0 Å². The quantitative estimate of drug-likeness (QED) is 0.852. The summed E-state index contributed by atoms with van der Waals surface area (Å²) in [5, 5.41) is 1.42. The minimum atomic E-state index is 0.193. The van der Waals surface area contributed by atoms with Crippen molar-refractivity contribution >= 4 is 22.5 Å². The zero-order valence-corrected chi connectivity index (χ0v) is 13.6. The van der Waals surface area contributed by atoms with Crippen LogP contribution in [0.1, 0.15) is 29.7 Å². The van der Waals surface area contributed by atoms with E-state index >= 15 is 0 Å². The van der Waals surface area contributed by atoms with Crippen LogP contribution in [0.3, 0.4) is 0 Å². The fraction of sp³-hybridized carbons (Fsp3) is 0.500. The fourth-order valence-corrected chi connectivity index (χ4v) is 4.12. The third-order valence-corrected chi connectivity index (χ3v) is 5.09. The van der Waals surface area contributed by atoms with Crippen LogP contribution in [0.5, 0.6) is 0 Å². The molecule has 4 rings (SSSR count). The lowest BCUT2D eigenvalue weighted by atomic mass is 9.93. The maximum Gasteiger partial charge on any atom is 0.246 e. The number of carbonyl (C=O) groups excluding carboxylic acids is 1. The van der Waals surface area contributed by atoms with Crippen molar-refractivity contribution in [1.29, 1.82) is 0 Å². The van der Waals surface area contributed by atoms with E-state index in [1.165, 1.54) is 40.6 Å². The molecule has 2 aliphatic rings. The number of hydrogen-bond acceptors (Lipinski definition) is 2. The molecular formula is C18H23N3O. The van der Waals surface area contributed by atoms with Gasteiger partial charge >= 0.3 is 0 Å². The van der Waals surface area contributed by atoms with Gasteiger partial charge in [-0.25, -0.2) is 0 Å². The molecule has 1 aliphatic heterocycles. The predicted octanol–water partition coefficient (Wildman–Crippen LogP) is 2.56. The fourth-order valence-electron chi connectivity index (χ4n) is 4.12. The van der Waals surface area contributed by atoms with Gasteiger partial charge < -0.3 is 14.4 Å². The molecular weight excluding hydrogens is 274 g/mol. The molecule has 1 aliphatic carbocycles. The first-order chi connectivity index (χ1) is 10.6. The van der Waals surface area contributed by atoms with Crippen molar-refractivity contribution in [2.75, 3.05) is 26.0 Å². The van der Waals surface area contributed by atoms with Crippen molar-refractivity contribution < 1.29 is 4.79 Å². The Kier molecular flexibility index (Phi) is 3.05. The number of nitrogens with zero attached hydrogens (tertiary/aromatic N) is 3. The Hall–Kier alpha value is -1.81. The first kappa shape index (κ1) is 13.8. The molecule has 0 saturated carbocycles. The average molecular weight is 297 g/mol. The molecule has 2 heterocycles. The van der Waals surface area contributed by atoms with E-state index in [9.17, 15) is 4.79 Å². The third kappa shape index (κ3) is 1.83. The van der Waals surface area contributed by atoms with Gasteiger partial charge in [-0.2, -0.15) is 0 Å². The number of fused-ring (bicyclic) bond motifs is 3. The molecule has 0 fully saturated rings. The number of rotatable bonds is 2. The summed E-state index contributed by atoms with van der Waals surface area (Å²) in [6.45, 7) is 1.45. The molecule has 0 saturated heterocycles. The molecule has 0 atom stereocenters. The van der Waals surface area contributed by atoms with E-state index < -0.39 is 0 Å². The Morgan fingerprint density at radius 2 is 1.95 bits per heavy atom. The zero-order valence-electron chi connectivity index (χ0n) is 13.6. The smallest absolute Gasteiger partial charge is 0.246 e. The molecule has 0 spiro atoms. The van der Waals surface area contributed by atoms with Crippen LogP contribution in [0, 0.1) is 0 Å². The first-order valence-corrected chi connectivity index (χ1v) is 8.15. The van der Waals surface area contributed by atoms with E-state index in [0.717, 1.165) is 25.1 Å². The van der Waals surface area contributed by atoms with Gasteiger partial charge in [-0.05, 0) is 57.0 Å². The third-order valence-electron chi connectivity index (χ3n) is 5.09. The number of aromatic nitrogens is 1. The molecule has 0 bridgehead atoms. The Balaban J connectivity index is 2.06. The number of hydrogen-bond donors (Lipinski definition) is 0. The van der Waals surface area contributed by atoms with Crippen LogP contribution in [-0.2, 0) is 30.7 Å². The molecule has 0 radical (unpaired) electrons. The molecule has 0 unspecified atom stereocenters. The summed E-state index contributed by atoms with van der Waals surface area (Å²) in [6, 6.07) is 4.34. The lowest BCUT2D eigenvalue weighted by Crippen LogP contribution is -2.34. The van der Waals surface area contributed by atoms with Gasteiger partial charge in [0, 0.05) is 24.7 Å². The summed E-state index contributed by atoms with van der Waals surface area (Å²) >= 11 is 0. The van der Waals surface area contributed by atoms with Crippen LogP contribution in [0.4, 0.5) is 5.69 Å². The van der Waals surface area contributed by atoms with E-state index in [2.05, 4.69) is 35.7 Å². The van der Waals surface area contributed by atoms with Crippen molar-refractivity contribution in [2.45, 2.75) is 38.8 Å². The second-order valence-electron chi connectivity index (χ2n) is 6.88. The standard InChI is InChI=1S/C18H23N3O/c1-19(2)10-12-8-9-15-18-17(12)13-6-4-5-7-14(13)21(18)11-16(22)20(15)3/h8-9H,4-7,10-11H2,1-3H3. The summed E-state index contributed by atoms with van der Waals surface area (Å²) in [4.78, 5) is 16.4. The van der Waals surface area contributed by atoms with Crippen LogP contribution in [0.25, 0.3) is 10.9 Å². The average Bonchev–Trinajstić information content (AvgIpc) is 2.82. The van der Waals surface area contributed by atoms with Crippen LogP contribution < -0.4 is 4.90 Å². The molecule has 2 aromatic rings. The van der Waals surface area contributed by atoms with Gasteiger partial charge in [-0.1, -0.05) is 6.07 Å². The largest absolute Gasteiger partial charge is 0.333 e. The molecule has 0 N–H and O–H groups in total. The summed E-state index contributed by atoms with van der Waals surface area (Å²) in [6.07, 6.45) is 4.77. The summed E-state index contributed by atoms with van der Waals surface area (Å²) in [5.74, 6) is 0.193. The van der Waals surface area contributed by atoms with Crippen LogP contribution in [-0.4, -0.2) is 36.5 Å². The van der Waals surface area contributed by atoms with Crippen LogP contribution >= 0.6 is 0 Å². The molecule has 22 heavy (non-hydrogen) atoms. The van der Waals surface area contributed by atoms with Gasteiger partial charge in [0.2, 0.25) is 5.91 Å². The van der Waals surface area contributed by atoms with Crippen molar-refractivity contribution in [3.05, 3.63) is 29.0 Å². The van der Waals surface area contributed by atoms with Crippen molar-refractivity contribution in [2.24, 2.45) is 0 Å². The van der Waals surface area contributed by atoms with Crippen LogP contribution in [0.15, 0.2) is 12.1 Å². The molecule has 116 valence electrons. The number of amides is 1.